The molecule has 1 heterocycles. The number of carbonyl (C=O) groups is 2. The summed E-state index contributed by atoms with van der Waals surface area (Å²) in [5, 5.41) is -0.144. The van der Waals surface area contributed by atoms with Gasteiger partial charge in [0.2, 0.25) is 10.0 Å². The average molecular weight is 483 g/mol. The van der Waals surface area contributed by atoms with Crippen LogP contribution in [0.15, 0.2) is 59.0 Å². The first-order valence-corrected chi connectivity index (χ1v) is 12.1. The Bertz CT molecular complexity index is 1530. The quantitative estimate of drug-likeness (QED) is 0.326. The van der Waals surface area contributed by atoms with E-state index in [4.69, 9.17) is 4.42 Å². The highest BCUT2D eigenvalue weighted by molar-refractivity contribution is 7.92. The lowest BCUT2D eigenvalue weighted by molar-refractivity contribution is 0.111. The molecule has 0 aliphatic heterocycles. The molecule has 0 N–H and O–H groups in total. The summed E-state index contributed by atoms with van der Waals surface area (Å²) < 4.78 is 61.5. The molecule has 6 nitrogen and oxygen atoms in total. The molecule has 0 amide bonds. The van der Waals surface area contributed by atoms with Gasteiger partial charge < -0.3 is 4.42 Å². The summed E-state index contributed by atoms with van der Waals surface area (Å²) in [4.78, 5) is 23.3. The number of rotatable bonds is 7. The zero-order chi connectivity index (χ0) is 24.6. The molecule has 0 bridgehead atoms. The van der Waals surface area contributed by atoms with Crippen LogP contribution in [0.25, 0.3) is 33.4 Å². The van der Waals surface area contributed by atoms with Crippen LogP contribution in [0.4, 0.5) is 14.5 Å². The minimum absolute atomic E-state index is 0.00375. The highest BCUT2D eigenvalue weighted by Crippen LogP contribution is 2.43. The van der Waals surface area contributed by atoms with Crippen LogP contribution >= 0.6 is 0 Å². The Labute approximate surface area is 194 Å². The van der Waals surface area contributed by atoms with Gasteiger partial charge in [-0.1, -0.05) is 18.2 Å². The monoisotopic (exact) mass is 483 g/mol. The van der Waals surface area contributed by atoms with Crippen molar-refractivity contribution in [2.45, 2.75) is 6.92 Å². The van der Waals surface area contributed by atoms with Crippen LogP contribution < -0.4 is 4.31 Å². The van der Waals surface area contributed by atoms with E-state index in [-0.39, 0.29) is 51.2 Å². The molecule has 0 fully saturated rings. The predicted molar refractivity (Wildman–Crippen MR) is 126 cm³/mol. The van der Waals surface area contributed by atoms with Gasteiger partial charge in [0.05, 0.1) is 22.9 Å². The third-order valence-electron chi connectivity index (χ3n) is 5.43. The summed E-state index contributed by atoms with van der Waals surface area (Å²) >= 11 is 0. The van der Waals surface area contributed by atoms with Crippen molar-refractivity contribution >= 4 is 39.3 Å². The van der Waals surface area contributed by atoms with Crippen LogP contribution in [0.1, 0.15) is 27.6 Å². The third kappa shape index (κ3) is 3.99. The Kier molecular flexibility index (Phi) is 6.05. The van der Waals surface area contributed by atoms with Gasteiger partial charge in [0.15, 0.2) is 6.29 Å². The molecule has 34 heavy (non-hydrogen) atoms. The molecule has 0 aliphatic rings. The molecule has 4 aromatic rings. The van der Waals surface area contributed by atoms with Crippen LogP contribution in [-0.4, -0.2) is 33.8 Å². The fourth-order valence-electron chi connectivity index (χ4n) is 3.97. The number of benzene rings is 3. The van der Waals surface area contributed by atoms with Crippen molar-refractivity contribution in [2.75, 3.05) is 17.1 Å². The first-order valence-electron chi connectivity index (χ1n) is 10.2. The lowest BCUT2D eigenvalue weighted by atomic mass is 9.97. The molecule has 9 heteroatoms. The van der Waals surface area contributed by atoms with Gasteiger partial charge in [-0.3, -0.25) is 13.9 Å². The van der Waals surface area contributed by atoms with Crippen molar-refractivity contribution in [3.8, 4) is 22.5 Å². The highest BCUT2D eigenvalue weighted by atomic mass is 32.2. The van der Waals surface area contributed by atoms with Crippen molar-refractivity contribution < 1.29 is 31.2 Å². The first kappa shape index (κ1) is 23.3. The van der Waals surface area contributed by atoms with Crippen LogP contribution in [0.5, 0.6) is 0 Å². The van der Waals surface area contributed by atoms with Crippen LogP contribution in [-0.2, 0) is 10.0 Å². The summed E-state index contributed by atoms with van der Waals surface area (Å²) in [5.74, 6) is -1.35. The van der Waals surface area contributed by atoms with Gasteiger partial charge in [0, 0.05) is 29.3 Å². The highest BCUT2D eigenvalue weighted by Gasteiger charge is 2.28. The normalized spacial score (nSPS) is 11.5. The van der Waals surface area contributed by atoms with Crippen molar-refractivity contribution in [1.82, 2.24) is 0 Å². The maximum absolute atomic E-state index is 16.2. The topological polar surface area (TPSA) is 84.7 Å². The van der Waals surface area contributed by atoms with Crippen LogP contribution in [0.3, 0.4) is 0 Å². The van der Waals surface area contributed by atoms with Gasteiger partial charge in [0.1, 0.15) is 29.3 Å². The fraction of sp³-hybridized carbons (Fsp3) is 0.120. The van der Waals surface area contributed by atoms with Gasteiger partial charge in [0.25, 0.3) is 0 Å². The van der Waals surface area contributed by atoms with Gasteiger partial charge >= 0.3 is 0 Å². The van der Waals surface area contributed by atoms with Gasteiger partial charge in [-0.2, -0.15) is 0 Å². The number of anilines is 1. The summed E-state index contributed by atoms with van der Waals surface area (Å²) in [7, 11) is -3.82. The molecular formula is C25H19F2NO5S. The first-order chi connectivity index (χ1) is 16.2. The van der Waals surface area contributed by atoms with E-state index in [1.165, 1.54) is 42.5 Å². The van der Waals surface area contributed by atoms with E-state index in [1.807, 2.05) is 0 Å². The number of fused-ring (bicyclic) bond motifs is 1. The molecule has 3 aromatic carbocycles. The van der Waals surface area contributed by atoms with Gasteiger partial charge in [-0.05, 0) is 42.8 Å². The van der Waals surface area contributed by atoms with Crippen molar-refractivity contribution in [3.63, 3.8) is 0 Å². The molecule has 0 atom stereocenters. The second kappa shape index (κ2) is 8.83. The Morgan fingerprint density at radius 2 is 1.68 bits per heavy atom. The van der Waals surface area contributed by atoms with E-state index in [2.05, 4.69) is 0 Å². The number of furan rings is 1. The third-order valence-corrected chi connectivity index (χ3v) is 6.68. The minimum atomic E-state index is -3.82. The smallest absolute Gasteiger partial charge is 0.232 e. The molecule has 0 saturated carbocycles. The number of halogens is 2. The van der Waals surface area contributed by atoms with E-state index >= 15 is 4.39 Å². The summed E-state index contributed by atoms with van der Waals surface area (Å²) in [6, 6.07) is 12.5. The second-order valence-corrected chi connectivity index (χ2v) is 9.51. The minimum Gasteiger partial charge on any atom is -0.455 e. The molecule has 0 saturated heterocycles. The van der Waals surface area contributed by atoms with Gasteiger partial charge in [-0.15, -0.1) is 0 Å². The molecule has 4 rings (SSSR count). The second-order valence-electron chi connectivity index (χ2n) is 7.60. The van der Waals surface area contributed by atoms with Crippen LogP contribution in [0, 0.1) is 11.6 Å². The Hall–Kier alpha value is -3.85. The lowest BCUT2D eigenvalue weighted by Crippen LogP contribution is -2.30. The van der Waals surface area contributed by atoms with Crippen molar-refractivity contribution in [1.29, 1.82) is 0 Å². The number of nitrogens with zero attached hydrogens (tertiary/aromatic N) is 1. The molecular weight excluding hydrogens is 464 g/mol. The van der Waals surface area contributed by atoms with E-state index in [0.29, 0.717) is 18.1 Å². The molecule has 1 aromatic heterocycles. The van der Waals surface area contributed by atoms with E-state index < -0.39 is 21.7 Å². The standard InChI is InChI=1S/C25H19F2NO5S/c1-3-28(34(2,31)32)20-12-21-23(24(27)22(20)17-6-4-5-15(11-17)13-29)19(14-30)25(33-21)16-7-9-18(26)10-8-16/h4-14H,3H2,1-2H3. The van der Waals surface area contributed by atoms with E-state index in [0.717, 1.165) is 10.6 Å². The van der Waals surface area contributed by atoms with E-state index in [1.54, 1.807) is 19.1 Å². The zero-order valence-corrected chi connectivity index (χ0v) is 19.0. The maximum atomic E-state index is 16.2. The van der Waals surface area contributed by atoms with Crippen LogP contribution in [0.2, 0.25) is 0 Å². The number of aldehydes is 2. The predicted octanol–water partition coefficient (Wildman–Crippen LogP) is 5.46. The summed E-state index contributed by atoms with van der Waals surface area (Å²) in [5.41, 5.74) is 0.614. The van der Waals surface area contributed by atoms with Gasteiger partial charge in [-0.25, -0.2) is 17.2 Å². The number of hydrogen-bond donors (Lipinski definition) is 0. The average Bonchev–Trinajstić information content (AvgIpc) is 3.18. The molecule has 0 spiro atoms. The zero-order valence-electron chi connectivity index (χ0n) is 18.2. The Morgan fingerprint density at radius 1 is 0.971 bits per heavy atom. The largest absolute Gasteiger partial charge is 0.455 e. The lowest BCUT2D eigenvalue weighted by Gasteiger charge is -2.24. The maximum Gasteiger partial charge on any atom is 0.232 e. The number of carbonyl (C=O) groups excluding carboxylic acids is 2. The molecule has 0 aliphatic carbocycles. The van der Waals surface area contributed by atoms with E-state index in [9.17, 15) is 22.4 Å². The summed E-state index contributed by atoms with van der Waals surface area (Å²) in [6.07, 6.45) is 2.02. The Morgan fingerprint density at radius 3 is 2.26 bits per heavy atom. The Balaban J connectivity index is 2.13. The molecule has 0 unspecified atom stereocenters. The van der Waals surface area contributed by atoms with Crippen molar-refractivity contribution in [3.05, 3.63) is 77.4 Å². The SMILES string of the molecule is CCN(c1cc2oc(-c3ccc(F)cc3)c(C=O)c2c(F)c1-c1cccc(C=O)c1)S(C)(=O)=O. The molecule has 174 valence electrons. The summed E-state index contributed by atoms with van der Waals surface area (Å²) in [6.45, 7) is 1.59. The number of hydrogen-bond acceptors (Lipinski definition) is 5. The van der Waals surface area contributed by atoms with Crippen molar-refractivity contribution in [2.24, 2.45) is 0 Å². The number of sulfonamides is 1. The fourth-order valence-corrected chi connectivity index (χ4v) is 4.94. The molecule has 0 radical (unpaired) electrons.